The van der Waals surface area contributed by atoms with E-state index in [9.17, 15) is 19.3 Å². The van der Waals surface area contributed by atoms with Crippen LogP contribution < -0.4 is 4.90 Å². The summed E-state index contributed by atoms with van der Waals surface area (Å²) in [7, 11) is 1.30. The minimum atomic E-state index is -0.539. The number of hydrogen-bond acceptors (Lipinski definition) is 5. The van der Waals surface area contributed by atoms with Crippen LogP contribution in [0.1, 0.15) is 6.42 Å². The van der Waals surface area contributed by atoms with Crippen molar-refractivity contribution >= 4 is 39.9 Å². The van der Waals surface area contributed by atoms with Gasteiger partial charge in [-0.05, 0) is 29.0 Å². The number of rotatable bonds is 3. The van der Waals surface area contributed by atoms with Gasteiger partial charge in [-0.3, -0.25) is 14.9 Å². The lowest BCUT2D eigenvalue weighted by atomic mass is 10.1. The predicted octanol–water partition coefficient (Wildman–Crippen LogP) is 2.34. The molecule has 0 aliphatic carbocycles. The average molecular weight is 394 g/mol. The summed E-state index contributed by atoms with van der Waals surface area (Å²) in [5.74, 6) is -1.18. The Labute approximate surface area is 128 Å². The molecule has 1 heterocycles. The standard InChI is InChI=1S/C12H12FIN2O4/c1-20-12(17)7-2-3-15(6-7)10-4-8(13)9(14)5-11(10)16(18)19/h4-5,7H,2-3,6H2,1H3. The number of carbonyl (C=O) groups excluding carboxylic acids is 1. The van der Waals surface area contributed by atoms with E-state index in [1.807, 2.05) is 0 Å². The van der Waals surface area contributed by atoms with Gasteiger partial charge < -0.3 is 9.64 Å². The molecule has 1 aliphatic rings. The number of methoxy groups -OCH3 is 1. The molecule has 1 aliphatic heterocycles. The number of halogens is 2. The maximum atomic E-state index is 13.6. The van der Waals surface area contributed by atoms with Crippen LogP contribution in [-0.2, 0) is 9.53 Å². The van der Waals surface area contributed by atoms with Crippen molar-refractivity contribution in [3.63, 3.8) is 0 Å². The monoisotopic (exact) mass is 394 g/mol. The number of carbonyl (C=O) groups is 1. The quantitative estimate of drug-likeness (QED) is 0.341. The molecule has 2 rings (SSSR count). The van der Waals surface area contributed by atoms with Crippen molar-refractivity contribution in [2.75, 3.05) is 25.1 Å². The van der Waals surface area contributed by atoms with Gasteiger partial charge in [0.25, 0.3) is 5.69 Å². The molecule has 108 valence electrons. The molecular formula is C12H12FIN2O4. The van der Waals surface area contributed by atoms with E-state index in [2.05, 4.69) is 4.74 Å². The van der Waals surface area contributed by atoms with Crippen molar-refractivity contribution in [3.8, 4) is 0 Å². The van der Waals surface area contributed by atoms with Gasteiger partial charge in [-0.2, -0.15) is 0 Å². The van der Waals surface area contributed by atoms with Crippen LogP contribution in [0.4, 0.5) is 15.8 Å². The van der Waals surface area contributed by atoms with Crippen LogP contribution in [0.15, 0.2) is 12.1 Å². The zero-order valence-electron chi connectivity index (χ0n) is 10.6. The van der Waals surface area contributed by atoms with Crippen molar-refractivity contribution in [1.82, 2.24) is 0 Å². The van der Waals surface area contributed by atoms with Gasteiger partial charge in [-0.25, -0.2) is 4.39 Å². The maximum absolute atomic E-state index is 13.6. The SMILES string of the molecule is COC(=O)C1CCN(c2cc(F)c(I)cc2[N+](=O)[O-])C1. The third kappa shape index (κ3) is 2.84. The summed E-state index contributed by atoms with van der Waals surface area (Å²) < 4.78 is 18.5. The lowest BCUT2D eigenvalue weighted by Crippen LogP contribution is -2.24. The lowest BCUT2D eigenvalue weighted by Gasteiger charge is -2.18. The van der Waals surface area contributed by atoms with E-state index in [-0.39, 0.29) is 26.8 Å². The maximum Gasteiger partial charge on any atom is 0.310 e. The summed E-state index contributed by atoms with van der Waals surface area (Å²) in [6.45, 7) is 0.758. The highest BCUT2D eigenvalue weighted by Crippen LogP contribution is 2.35. The minimum absolute atomic E-state index is 0.152. The van der Waals surface area contributed by atoms with Gasteiger partial charge in [0.2, 0.25) is 0 Å². The Morgan fingerprint density at radius 3 is 2.90 bits per heavy atom. The van der Waals surface area contributed by atoms with E-state index in [1.54, 1.807) is 27.5 Å². The van der Waals surface area contributed by atoms with E-state index < -0.39 is 10.7 Å². The first-order valence-corrected chi connectivity index (χ1v) is 6.98. The first kappa shape index (κ1) is 14.9. The second-order valence-electron chi connectivity index (χ2n) is 4.47. The van der Waals surface area contributed by atoms with Crippen LogP contribution in [0, 0.1) is 25.4 Å². The Morgan fingerprint density at radius 1 is 1.60 bits per heavy atom. The molecule has 20 heavy (non-hydrogen) atoms. The fourth-order valence-electron chi connectivity index (χ4n) is 2.26. The molecule has 1 aromatic carbocycles. The van der Waals surface area contributed by atoms with Crippen molar-refractivity contribution in [2.45, 2.75) is 6.42 Å². The number of hydrogen-bond donors (Lipinski definition) is 0. The molecule has 0 radical (unpaired) electrons. The summed E-state index contributed by atoms with van der Waals surface area (Å²) in [6, 6.07) is 2.36. The van der Waals surface area contributed by atoms with E-state index in [0.29, 0.717) is 19.5 Å². The smallest absolute Gasteiger partial charge is 0.310 e. The zero-order chi connectivity index (χ0) is 14.9. The molecule has 1 unspecified atom stereocenters. The lowest BCUT2D eigenvalue weighted by molar-refractivity contribution is -0.384. The van der Waals surface area contributed by atoms with Gasteiger partial charge in [-0.1, -0.05) is 0 Å². The zero-order valence-corrected chi connectivity index (χ0v) is 12.8. The number of nitrogens with zero attached hydrogens (tertiary/aromatic N) is 2. The van der Waals surface area contributed by atoms with Gasteiger partial charge in [0.1, 0.15) is 11.5 Å². The summed E-state index contributed by atoms with van der Waals surface area (Å²) in [4.78, 5) is 23.7. The molecule has 1 aromatic rings. The van der Waals surface area contributed by atoms with Crippen LogP contribution in [0.3, 0.4) is 0 Å². The van der Waals surface area contributed by atoms with Crippen LogP contribution in [-0.4, -0.2) is 31.1 Å². The van der Waals surface area contributed by atoms with Crippen LogP contribution in [0.25, 0.3) is 0 Å². The van der Waals surface area contributed by atoms with Crippen molar-refractivity contribution < 1.29 is 18.8 Å². The molecule has 1 atom stereocenters. The Hall–Kier alpha value is -1.45. The fourth-order valence-corrected chi connectivity index (χ4v) is 2.71. The normalized spacial score (nSPS) is 18.1. The van der Waals surface area contributed by atoms with E-state index in [0.717, 1.165) is 6.07 Å². The molecule has 6 nitrogen and oxygen atoms in total. The molecule has 0 saturated carbocycles. The van der Waals surface area contributed by atoms with Crippen molar-refractivity contribution in [2.24, 2.45) is 5.92 Å². The number of anilines is 1. The number of nitro groups is 1. The molecule has 8 heteroatoms. The Bertz CT molecular complexity index is 567. The first-order chi connectivity index (χ1) is 9.43. The van der Waals surface area contributed by atoms with E-state index >= 15 is 0 Å². The van der Waals surface area contributed by atoms with E-state index in [1.165, 1.54) is 13.2 Å². The number of nitro benzene ring substituents is 1. The molecule has 1 saturated heterocycles. The summed E-state index contributed by atoms with van der Waals surface area (Å²) in [5, 5.41) is 11.1. The Morgan fingerprint density at radius 2 is 2.30 bits per heavy atom. The summed E-state index contributed by atoms with van der Waals surface area (Å²) >= 11 is 1.71. The average Bonchev–Trinajstić information content (AvgIpc) is 2.89. The largest absolute Gasteiger partial charge is 0.469 e. The molecule has 0 N–H and O–H groups in total. The molecule has 1 fully saturated rings. The van der Waals surface area contributed by atoms with Crippen LogP contribution in [0.5, 0.6) is 0 Å². The topological polar surface area (TPSA) is 72.7 Å². The number of esters is 1. The first-order valence-electron chi connectivity index (χ1n) is 5.90. The molecule has 0 bridgehead atoms. The number of benzene rings is 1. The van der Waals surface area contributed by atoms with Gasteiger partial charge in [0, 0.05) is 25.2 Å². The van der Waals surface area contributed by atoms with Crippen LogP contribution >= 0.6 is 22.6 Å². The summed E-state index contributed by atoms with van der Waals surface area (Å²) in [5.41, 5.74) is 0.0561. The summed E-state index contributed by atoms with van der Waals surface area (Å²) in [6.07, 6.45) is 0.539. The van der Waals surface area contributed by atoms with Crippen molar-refractivity contribution in [3.05, 3.63) is 31.6 Å². The second kappa shape index (κ2) is 5.90. The van der Waals surface area contributed by atoms with Gasteiger partial charge in [0.15, 0.2) is 0 Å². The highest BCUT2D eigenvalue weighted by molar-refractivity contribution is 14.1. The minimum Gasteiger partial charge on any atom is -0.469 e. The number of ether oxygens (including phenoxy) is 1. The molecular weight excluding hydrogens is 382 g/mol. The fraction of sp³-hybridized carbons (Fsp3) is 0.417. The molecule has 0 aromatic heterocycles. The Balaban J connectivity index is 2.32. The highest BCUT2D eigenvalue weighted by atomic mass is 127. The van der Waals surface area contributed by atoms with Gasteiger partial charge >= 0.3 is 5.97 Å². The van der Waals surface area contributed by atoms with Gasteiger partial charge in [-0.15, -0.1) is 0 Å². The second-order valence-corrected chi connectivity index (χ2v) is 5.63. The molecule has 0 spiro atoms. The third-order valence-electron chi connectivity index (χ3n) is 3.28. The van der Waals surface area contributed by atoms with E-state index in [4.69, 9.17) is 0 Å². The predicted molar refractivity (Wildman–Crippen MR) is 78.1 cm³/mol. The van der Waals surface area contributed by atoms with Crippen molar-refractivity contribution in [1.29, 1.82) is 0 Å². The Kier molecular flexibility index (Phi) is 4.41. The highest BCUT2D eigenvalue weighted by Gasteiger charge is 2.32. The third-order valence-corrected chi connectivity index (χ3v) is 4.10. The molecule has 0 amide bonds. The van der Waals surface area contributed by atoms with Crippen LogP contribution in [0.2, 0.25) is 0 Å². The van der Waals surface area contributed by atoms with Gasteiger partial charge in [0.05, 0.1) is 21.5 Å².